The normalized spacial score (nSPS) is 11.0. The highest BCUT2D eigenvalue weighted by Crippen LogP contribution is 2.33. The van der Waals surface area contributed by atoms with Crippen molar-refractivity contribution in [3.05, 3.63) is 44.9 Å². The lowest BCUT2D eigenvalue weighted by molar-refractivity contribution is -0.380. The molecule has 2 N–H and O–H groups in total. The first-order chi connectivity index (χ1) is 9.06. The van der Waals surface area contributed by atoms with Crippen LogP contribution in [0.5, 0.6) is 0 Å². The van der Waals surface area contributed by atoms with Gasteiger partial charge in [0.25, 0.3) is 0 Å². The number of nitrogens with zero attached hydrogens (tertiary/aromatic N) is 3. The van der Waals surface area contributed by atoms with Crippen molar-refractivity contribution in [3.63, 3.8) is 0 Å². The summed E-state index contributed by atoms with van der Waals surface area (Å²) in [6, 6.07) is 4.91. The molecule has 6 nitrogen and oxygen atoms in total. The van der Waals surface area contributed by atoms with Crippen LogP contribution in [0, 0.1) is 10.1 Å². The fourth-order valence-corrected chi connectivity index (χ4v) is 2.66. The summed E-state index contributed by atoms with van der Waals surface area (Å²) in [5.74, 6) is 0.408. The number of hydrogen-bond acceptors (Lipinski definition) is 5. The summed E-state index contributed by atoms with van der Waals surface area (Å²) in [6.07, 6.45) is 1.66. The average molecular weight is 295 g/mol. The predicted molar refractivity (Wildman–Crippen MR) is 74.6 cm³/mol. The molecule has 0 aliphatic heterocycles. The molecule has 19 heavy (non-hydrogen) atoms. The van der Waals surface area contributed by atoms with E-state index in [1.165, 1.54) is 6.07 Å². The van der Waals surface area contributed by atoms with Crippen molar-refractivity contribution >= 4 is 39.4 Å². The summed E-state index contributed by atoms with van der Waals surface area (Å²) in [6.45, 7) is 0. The number of halogens is 1. The van der Waals surface area contributed by atoms with Crippen molar-refractivity contribution < 1.29 is 4.92 Å². The van der Waals surface area contributed by atoms with Crippen LogP contribution in [0.1, 0.15) is 0 Å². The van der Waals surface area contributed by atoms with Gasteiger partial charge in [0.05, 0.1) is 9.95 Å². The number of anilines is 1. The minimum absolute atomic E-state index is 0.0597. The van der Waals surface area contributed by atoms with E-state index >= 15 is 0 Å². The van der Waals surface area contributed by atoms with Gasteiger partial charge in [-0.05, 0) is 12.1 Å². The highest BCUT2D eigenvalue weighted by molar-refractivity contribution is 7.13. The lowest BCUT2D eigenvalue weighted by Crippen LogP contribution is -1.93. The van der Waals surface area contributed by atoms with Gasteiger partial charge in [0.15, 0.2) is 0 Å². The molecule has 0 saturated carbocycles. The van der Waals surface area contributed by atoms with Crippen molar-refractivity contribution in [2.45, 2.75) is 0 Å². The lowest BCUT2D eigenvalue weighted by atomic mass is 10.2. The van der Waals surface area contributed by atoms with E-state index in [4.69, 9.17) is 17.3 Å². The first-order valence-corrected chi connectivity index (χ1v) is 6.48. The molecule has 0 amide bonds. The number of imidazole rings is 1. The number of fused-ring (bicyclic) bond motifs is 1. The van der Waals surface area contributed by atoms with Crippen LogP contribution >= 0.6 is 22.9 Å². The number of aromatic nitrogens is 2. The number of nitro groups is 1. The fourth-order valence-electron chi connectivity index (χ4n) is 1.79. The molecule has 0 unspecified atom stereocenters. The van der Waals surface area contributed by atoms with Crippen molar-refractivity contribution in [2.24, 2.45) is 0 Å². The predicted octanol–water partition coefficient (Wildman–Crippen LogP) is 3.21. The van der Waals surface area contributed by atoms with Gasteiger partial charge in [-0.2, -0.15) is 0 Å². The maximum atomic E-state index is 10.7. The van der Waals surface area contributed by atoms with Gasteiger partial charge >= 0.3 is 5.00 Å². The van der Waals surface area contributed by atoms with Gasteiger partial charge in [-0.1, -0.05) is 22.9 Å². The Balaban J connectivity index is 2.19. The average Bonchev–Trinajstić information content (AvgIpc) is 2.95. The van der Waals surface area contributed by atoms with Crippen molar-refractivity contribution in [1.82, 2.24) is 9.38 Å². The largest absolute Gasteiger partial charge is 0.383 e. The maximum Gasteiger partial charge on any atom is 0.324 e. The smallest absolute Gasteiger partial charge is 0.324 e. The quantitative estimate of drug-likeness (QED) is 0.581. The van der Waals surface area contributed by atoms with Crippen LogP contribution in [0.4, 0.5) is 10.8 Å². The summed E-state index contributed by atoms with van der Waals surface area (Å²) in [4.78, 5) is 14.6. The van der Waals surface area contributed by atoms with Gasteiger partial charge in [-0.3, -0.25) is 14.5 Å². The molecular weight excluding hydrogens is 288 g/mol. The zero-order valence-electron chi connectivity index (χ0n) is 9.41. The molecule has 0 saturated heterocycles. The Morgan fingerprint density at radius 3 is 2.95 bits per heavy atom. The molecule has 0 aromatic carbocycles. The minimum atomic E-state index is -0.434. The SMILES string of the molecule is Nc1c(-c2csc([N+](=O)[O-])c2)nc2ccc(Cl)cn12. The summed E-state index contributed by atoms with van der Waals surface area (Å²) >= 11 is 6.94. The van der Waals surface area contributed by atoms with E-state index in [1.54, 1.807) is 28.1 Å². The highest BCUT2D eigenvalue weighted by Gasteiger charge is 2.16. The third kappa shape index (κ3) is 1.92. The van der Waals surface area contributed by atoms with E-state index in [2.05, 4.69) is 4.98 Å². The summed E-state index contributed by atoms with van der Waals surface area (Å²) in [7, 11) is 0. The topological polar surface area (TPSA) is 86.5 Å². The van der Waals surface area contributed by atoms with Gasteiger partial charge < -0.3 is 5.73 Å². The Kier molecular flexibility index (Phi) is 2.65. The van der Waals surface area contributed by atoms with E-state index < -0.39 is 4.92 Å². The molecule has 0 bridgehead atoms. The molecule has 0 radical (unpaired) electrons. The summed E-state index contributed by atoms with van der Waals surface area (Å²) in [5.41, 5.74) is 7.80. The number of nitrogen functional groups attached to an aromatic ring is 1. The first kappa shape index (κ1) is 11.9. The van der Waals surface area contributed by atoms with E-state index in [0.717, 1.165) is 11.3 Å². The van der Waals surface area contributed by atoms with Crippen LogP contribution in [0.25, 0.3) is 16.9 Å². The van der Waals surface area contributed by atoms with Crippen molar-refractivity contribution in [2.75, 3.05) is 5.73 Å². The minimum Gasteiger partial charge on any atom is -0.383 e. The van der Waals surface area contributed by atoms with Crippen LogP contribution in [-0.4, -0.2) is 14.3 Å². The second-order valence-corrected chi connectivity index (χ2v) is 5.18. The molecule has 0 aliphatic rings. The van der Waals surface area contributed by atoms with Crippen LogP contribution < -0.4 is 5.73 Å². The number of rotatable bonds is 2. The monoisotopic (exact) mass is 294 g/mol. The first-order valence-electron chi connectivity index (χ1n) is 5.22. The standard InChI is InChI=1S/C11H7ClN4O2S/c12-7-1-2-8-14-10(11(13)15(8)4-7)6-3-9(16(17)18)19-5-6/h1-5H,13H2. The van der Waals surface area contributed by atoms with Gasteiger partial charge in [0.1, 0.15) is 17.2 Å². The van der Waals surface area contributed by atoms with E-state index in [9.17, 15) is 10.1 Å². The van der Waals surface area contributed by atoms with Crippen molar-refractivity contribution in [1.29, 1.82) is 0 Å². The van der Waals surface area contributed by atoms with E-state index in [1.807, 2.05) is 0 Å². The van der Waals surface area contributed by atoms with Gasteiger partial charge in [-0.15, -0.1) is 0 Å². The fraction of sp³-hybridized carbons (Fsp3) is 0. The third-order valence-electron chi connectivity index (χ3n) is 2.66. The molecule has 0 atom stereocenters. The number of thiophene rings is 1. The highest BCUT2D eigenvalue weighted by atomic mass is 35.5. The molecule has 96 valence electrons. The zero-order chi connectivity index (χ0) is 13.6. The van der Waals surface area contributed by atoms with Crippen molar-refractivity contribution in [3.8, 4) is 11.3 Å². The van der Waals surface area contributed by atoms with Crippen LogP contribution in [-0.2, 0) is 0 Å². The molecule has 3 heterocycles. The van der Waals surface area contributed by atoms with Gasteiger partial charge in [0, 0.05) is 23.2 Å². The maximum absolute atomic E-state index is 10.7. The van der Waals surface area contributed by atoms with Gasteiger partial charge in [-0.25, -0.2) is 4.98 Å². The van der Waals surface area contributed by atoms with E-state index in [-0.39, 0.29) is 5.00 Å². The van der Waals surface area contributed by atoms with Crippen LogP contribution in [0.2, 0.25) is 5.02 Å². The second kappa shape index (κ2) is 4.22. The molecule has 3 aromatic heterocycles. The van der Waals surface area contributed by atoms with E-state index in [0.29, 0.717) is 27.7 Å². The van der Waals surface area contributed by atoms with Gasteiger partial charge in [0.2, 0.25) is 0 Å². The Bertz CT molecular complexity index is 795. The third-order valence-corrected chi connectivity index (χ3v) is 3.76. The summed E-state index contributed by atoms with van der Waals surface area (Å²) < 4.78 is 1.65. The molecular formula is C11H7ClN4O2S. The molecule has 0 aliphatic carbocycles. The Morgan fingerprint density at radius 2 is 2.26 bits per heavy atom. The molecule has 0 spiro atoms. The number of nitrogens with two attached hydrogens (primary N) is 1. The molecule has 8 heteroatoms. The zero-order valence-corrected chi connectivity index (χ0v) is 11.0. The van der Waals surface area contributed by atoms with Crippen LogP contribution in [0.15, 0.2) is 29.8 Å². The molecule has 3 aromatic rings. The molecule has 0 fully saturated rings. The number of pyridine rings is 1. The number of hydrogen-bond donors (Lipinski definition) is 1. The van der Waals surface area contributed by atoms with Crippen LogP contribution in [0.3, 0.4) is 0 Å². The summed E-state index contributed by atoms with van der Waals surface area (Å²) in [5, 5.41) is 13.0. The Labute approximate surface area is 116 Å². The Morgan fingerprint density at radius 1 is 1.47 bits per heavy atom. The molecule has 3 rings (SSSR count). The lowest BCUT2D eigenvalue weighted by Gasteiger charge is -1.97. The second-order valence-electron chi connectivity index (χ2n) is 3.85. The Hall–Kier alpha value is -2.12.